The Balaban J connectivity index is 1.49. The zero-order chi connectivity index (χ0) is 27.6. The van der Waals surface area contributed by atoms with Crippen molar-refractivity contribution >= 4 is 11.6 Å². The molecule has 1 amide bonds. The first-order chi connectivity index (χ1) is 18.8. The molecule has 0 spiro atoms. The monoisotopic (exact) mass is 522 g/mol. The Labute approximate surface area is 227 Å². The van der Waals surface area contributed by atoms with Gasteiger partial charge in [-0.2, -0.15) is 10.4 Å². The molecule has 3 aromatic carbocycles. The van der Waals surface area contributed by atoms with Crippen LogP contribution in [0.15, 0.2) is 72.8 Å². The number of nitriles is 1. The van der Waals surface area contributed by atoms with Crippen LogP contribution in [0.3, 0.4) is 0 Å². The summed E-state index contributed by atoms with van der Waals surface area (Å²) in [6, 6.07) is 23.1. The highest BCUT2D eigenvalue weighted by Gasteiger charge is 2.34. The fourth-order valence-electron chi connectivity index (χ4n) is 4.92. The third kappa shape index (κ3) is 5.60. The summed E-state index contributed by atoms with van der Waals surface area (Å²) in [5.74, 6) is -0.444. The summed E-state index contributed by atoms with van der Waals surface area (Å²) in [5, 5.41) is 16.7. The summed E-state index contributed by atoms with van der Waals surface area (Å²) in [6.07, 6.45) is 3.92. The summed E-state index contributed by atoms with van der Waals surface area (Å²) in [4.78, 5) is 13.4. The van der Waals surface area contributed by atoms with Gasteiger partial charge in [0.25, 0.3) is 5.91 Å². The fraction of sp³-hybridized carbons (Fsp3) is 0.258. The van der Waals surface area contributed by atoms with Gasteiger partial charge in [0.1, 0.15) is 11.5 Å². The number of anilines is 1. The molecule has 4 aromatic rings. The molecular formula is C31H31FN6O. The SMILES string of the molecule is Cc1cc(C(=O)Nc2cc(C(N)(CCC3CC3)c3cccc(C#N)c3)ccc2F)n(-c2cccc(CN)c2)n1. The number of halogens is 1. The molecule has 1 aromatic heterocycles. The number of hydrogen-bond donors (Lipinski definition) is 3. The molecule has 0 saturated heterocycles. The Morgan fingerprint density at radius 3 is 2.64 bits per heavy atom. The van der Waals surface area contributed by atoms with E-state index in [1.807, 2.05) is 36.4 Å². The lowest BCUT2D eigenvalue weighted by Gasteiger charge is -2.32. The number of hydrogen-bond acceptors (Lipinski definition) is 5. The van der Waals surface area contributed by atoms with Crippen molar-refractivity contribution in [1.29, 1.82) is 5.26 Å². The van der Waals surface area contributed by atoms with Crippen LogP contribution >= 0.6 is 0 Å². The zero-order valence-corrected chi connectivity index (χ0v) is 21.8. The maximum atomic E-state index is 15.1. The lowest BCUT2D eigenvalue weighted by atomic mass is 9.79. The Morgan fingerprint density at radius 1 is 1.13 bits per heavy atom. The van der Waals surface area contributed by atoms with Crippen LogP contribution in [0.4, 0.5) is 10.1 Å². The van der Waals surface area contributed by atoms with Crippen molar-refractivity contribution in [2.75, 3.05) is 5.32 Å². The molecule has 1 fully saturated rings. The molecule has 8 heteroatoms. The number of nitrogens with zero attached hydrogens (tertiary/aromatic N) is 3. The molecule has 1 aliphatic rings. The molecule has 0 aliphatic heterocycles. The highest BCUT2D eigenvalue weighted by Crippen LogP contribution is 2.40. The van der Waals surface area contributed by atoms with Crippen molar-refractivity contribution in [3.63, 3.8) is 0 Å². The van der Waals surface area contributed by atoms with Gasteiger partial charge in [0.2, 0.25) is 0 Å². The summed E-state index contributed by atoms with van der Waals surface area (Å²) >= 11 is 0. The molecule has 0 bridgehead atoms. The van der Waals surface area contributed by atoms with Crippen LogP contribution in [-0.4, -0.2) is 15.7 Å². The van der Waals surface area contributed by atoms with Gasteiger partial charge in [0.15, 0.2) is 0 Å². The number of carbonyl (C=O) groups is 1. The van der Waals surface area contributed by atoms with Crippen LogP contribution in [0.25, 0.3) is 5.69 Å². The molecule has 1 unspecified atom stereocenters. The van der Waals surface area contributed by atoms with E-state index in [2.05, 4.69) is 16.5 Å². The van der Waals surface area contributed by atoms with Crippen LogP contribution in [0.5, 0.6) is 0 Å². The number of benzene rings is 3. The van der Waals surface area contributed by atoms with E-state index in [0.29, 0.717) is 41.4 Å². The van der Waals surface area contributed by atoms with Crippen molar-refractivity contribution in [3.8, 4) is 11.8 Å². The predicted octanol–water partition coefficient (Wildman–Crippen LogP) is 5.30. The number of nitrogens with one attached hydrogen (secondary N) is 1. The second kappa shape index (κ2) is 10.8. The Hall–Kier alpha value is -4.32. The second-order valence-electron chi connectivity index (χ2n) is 10.3. The molecule has 0 radical (unpaired) electrons. The van der Waals surface area contributed by atoms with Crippen LogP contribution < -0.4 is 16.8 Å². The molecule has 5 rings (SSSR count). The normalized spacial score (nSPS) is 14.4. The van der Waals surface area contributed by atoms with Crippen LogP contribution in [0.2, 0.25) is 0 Å². The Morgan fingerprint density at radius 2 is 1.90 bits per heavy atom. The molecule has 7 nitrogen and oxygen atoms in total. The molecule has 39 heavy (non-hydrogen) atoms. The predicted molar refractivity (Wildman–Crippen MR) is 149 cm³/mol. The molecule has 1 heterocycles. The van der Waals surface area contributed by atoms with Crippen molar-refractivity contribution in [2.24, 2.45) is 17.4 Å². The average molecular weight is 523 g/mol. The summed E-state index contributed by atoms with van der Waals surface area (Å²) in [6.45, 7) is 2.14. The Kier molecular flexibility index (Phi) is 7.29. The smallest absolute Gasteiger partial charge is 0.274 e. The minimum absolute atomic E-state index is 0.0243. The van der Waals surface area contributed by atoms with E-state index in [4.69, 9.17) is 11.5 Å². The van der Waals surface area contributed by atoms with Gasteiger partial charge in [-0.25, -0.2) is 9.07 Å². The van der Waals surface area contributed by atoms with E-state index in [9.17, 15) is 10.1 Å². The van der Waals surface area contributed by atoms with E-state index in [1.54, 1.807) is 37.3 Å². The maximum absolute atomic E-state index is 15.1. The minimum Gasteiger partial charge on any atom is -0.326 e. The molecular weight excluding hydrogens is 491 g/mol. The molecule has 1 atom stereocenters. The number of carbonyl (C=O) groups excluding carboxylic acids is 1. The first-order valence-electron chi connectivity index (χ1n) is 13.1. The first-order valence-corrected chi connectivity index (χ1v) is 13.1. The van der Waals surface area contributed by atoms with Crippen molar-refractivity contribution < 1.29 is 9.18 Å². The molecule has 1 aliphatic carbocycles. The lowest BCUT2D eigenvalue weighted by molar-refractivity contribution is 0.101. The maximum Gasteiger partial charge on any atom is 0.274 e. The van der Waals surface area contributed by atoms with Crippen LogP contribution in [0, 0.1) is 30.0 Å². The number of aryl methyl sites for hydroxylation is 1. The van der Waals surface area contributed by atoms with Gasteiger partial charge in [0.05, 0.1) is 34.2 Å². The lowest BCUT2D eigenvalue weighted by Crippen LogP contribution is -2.38. The van der Waals surface area contributed by atoms with Gasteiger partial charge >= 0.3 is 0 Å². The van der Waals surface area contributed by atoms with E-state index in [-0.39, 0.29) is 11.4 Å². The Bertz CT molecular complexity index is 1570. The van der Waals surface area contributed by atoms with Gasteiger partial charge in [-0.3, -0.25) is 4.79 Å². The van der Waals surface area contributed by atoms with Gasteiger partial charge in [-0.1, -0.05) is 43.2 Å². The minimum atomic E-state index is -0.955. The highest BCUT2D eigenvalue weighted by atomic mass is 19.1. The highest BCUT2D eigenvalue weighted by molar-refractivity contribution is 6.03. The topological polar surface area (TPSA) is 123 Å². The number of rotatable bonds is 9. The molecule has 1 saturated carbocycles. The molecule has 5 N–H and O–H groups in total. The number of amides is 1. The quantitative estimate of drug-likeness (QED) is 0.275. The van der Waals surface area contributed by atoms with E-state index in [0.717, 1.165) is 17.5 Å². The van der Waals surface area contributed by atoms with Gasteiger partial charge < -0.3 is 16.8 Å². The van der Waals surface area contributed by atoms with Crippen LogP contribution in [0.1, 0.15) is 64.1 Å². The van der Waals surface area contributed by atoms with Gasteiger partial charge in [0, 0.05) is 6.54 Å². The van der Waals surface area contributed by atoms with Crippen LogP contribution in [-0.2, 0) is 12.1 Å². The van der Waals surface area contributed by atoms with Gasteiger partial charge in [-0.05, 0) is 84.8 Å². The third-order valence-electron chi connectivity index (χ3n) is 7.34. The van der Waals surface area contributed by atoms with Crippen molar-refractivity contribution in [2.45, 2.75) is 44.7 Å². The van der Waals surface area contributed by atoms with Crippen molar-refractivity contribution in [3.05, 3.63) is 112 Å². The molecule has 198 valence electrons. The first kappa shape index (κ1) is 26.3. The van der Waals surface area contributed by atoms with Gasteiger partial charge in [-0.15, -0.1) is 0 Å². The largest absolute Gasteiger partial charge is 0.326 e. The number of aromatic nitrogens is 2. The summed E-state index contributed by atoms with van der Waals surface area (Å²) in [5.41, 5.74) is 16.4. The summed E-state index contributed by atoms with van der Waals surface area (Å²) in [7, 11) is 0. The second-order valence-corrected chi connectivity index (χ2v) is 10.3. The summed E-state index contributed by atoms with van der Waals surface area (Å²) < 4.78 is 16.6. The zero-order valence-electron chi connectivity index (χ0n) is 21.8. The fourth-order valence-corrected chi connectivity index (χ4v) is 4.92. The van der Waals surface area contributed by atoms with E-state index in [1.165, 1.54) is 23.6 Å². The standard InChI is InChI=1S/C31H31FN6O/c1-20-14-29(38(37-20)26-7-3-5-23(16-26)19-34)30(39)36-28-17-25(10-11-27(28)32)31(35,13-12-21-8-9-21)24-6-2-4-22(15-24)18-33/h2-7,10-11,14-17,21H,8-9,12-13,19,34-35H2,1H3,(H,36,39). The van der Waals surface area contributed by atoms with E-state index >= 15 is 4.39 Å². The van der Waals surface area contributed by atoms with Crippen molar-refractivity contribution in [1.82, 2.24) is 9.78 Å². The number of nitrogens with two attached hydrogens (primary N) is 2. The average Bonchev–Trinajstić information content (AvgIpc) is 3.71. The third-order valence-corrected chi connectivity index (χ3v) is 7.34. The van der Waals surface area contributed by atoms with E-state index < -0.39 is 17.3 Å².